The fourth-order valence-electron chi connectivity index (χ4n) is 2.75. The van der Waals surface area contributed by atoms with Crippen LogP contribution in [0.15, 0.2) is 18.3 Å². The number of nitrogens with two attached hydrogens (primary N) is 1. The number of nitrogens with zero attached hydrogens (tertiary/aromatic N) is 1. The van der Waals surface area contributed by atoms with Crippen LogP contribution in [0.3, 0.4) is 0 Å². The van der Waals surface area contributed by atoms with Gasteiger partial charge < -0.3 is 15.6 Å². The maximum absolute atomic E-state index is 5.60. The van der Waals surface area contributed by atoms with Gasteiger partial charge in [0.05, 0.1) is 0 Å². The highest BCUT2D eigenvalue weighted by atomic mass is 14.9. The van der Waals surface area contributed by atoms with E-state index in [9.17, 15) is 0 Å². The van der Waals surface area contributed by atoms with Gasteiger partial charge in [-0.3, -0.25) is 0 Å². The fraction of sp³-hybridized carbons (Fsp3) is 0.429. The van der Waals surface area contributed by atoms with Crippen molar-refractivity contribution in [3.05, 3.63) is 35.0 Å². The Hall–Kier alpha value is -1.32. The molecule has 1 aromatic heterocycles. The molecule has 3 N–H and O–H groups in total. The van der Waals surface area contributed by atoms with Crippen LogP contribution in [0.4, 0.5) is 0 Å². The summed E-state index contributed by atoms with van der Waals surface area (Å²) < 4.78 is 2.24. The second kappa shape index (κ2) is 4.17. The molecule has 2 heterocycles. The van der Waals surface area contributed by atoms with Gasteiger partial charge in [-0.25, -0.2) is 0 Å². The maximum Gasteiger partial charge on any atom is 0.0484 e. The molecule has 0 saturated carbocycles. The lowest BCUT2D eigenvalue weighted by molar-refractivity contribution is 0.764. The van der Waals surface area contributed by atoms with E-state index in [1.54, 1.807) is 0 Å². The molecule has 1 aliphatic heterocycles. The number of hydrogen-bond acceptors (Lipinski definition) is 2. The molecular weight excluding hydrogens is 210 g/mol. The molecule has 3 rings (SSSR count). The second-order valence-corrected chi connectivity index (χ2v) is 4.90. The quantitative estimate of drug-likeness (QED) is 0.841. The summed E-state index contributed by atoms with van der Waals surface area (Å²) in [5, 5.41) is 4.81. The van der Waals surface area contributed by atoms with Crippen molar-refractivity contribution in [1.29, 1.82) is 0 Å². The Bertz CT molecular complexity index is 554. The number of aryl methyl sites for hydroxylation is 2. The van der Waals surface area contributed by atoms with Crippen LogP contribution in [0.1, 0.15) is 23.1 Å². The van der Waals surface area contributed by atoms with Crippen molar-refractivity contribution in [1.82, 2.24) is 9.88 Å². The van der Waals surface area contributed by atoms with Crippen LogP contribution >= 0.6 is 0 Å². The number of nitrogens with one attached hydrogen (secondary N) is 1. The van der Waals surface area contributed by atoms with Gasteiger partial charge in [-0.15, -0.1) is 0 Å². The Labute approximate surface area is 102 Å². The molecule has 2 aromatic rings. The molecule has 1 aromatic carbocycles. The van der Waals surface area contributed by atoms with E-state index in [1.807, 2.05) is 0 Å². The largest absolute Gasteiger partial charge is 0.350 e. The normalized spacial score (nSPS) is 14.5. The molecule has 1 aliphatic rings. The molecule has 0 spiro atoms. The fourth-order valence-corrected chi connectivity index (χ4v) is 2.75. The summed E-state index contributed by atoms with van der Waals surface area (Å²) in [6.45, 7) is 2.79. The molecule has 0 bridgehead atoms. The minimum absolute atomic E-state index is 0.767. The van der Waals surface area contributed by atoms with Gasteiger partial charge in [0.1, 0.15) is 0 Å². The summed E-state index contributed by atoms with van der Waals surface area (Å²) in [6, 6.07) is 4.69. The van der Waals surface area contributed by atoms with Crippen molar-refractivity contribution in [2.45, 2.75) is 25.9 Å². The first-order valence-corrected chi connectivity index (χ1v) is 6.30. The van der Waals surface area contributed by atoms with Gasteiger partial charge in [0.25, 0.3) is 0 Å². The molecule has 0 aliphatic carbocycles. The Kier molecular flexibility index (Phi) is 2.65. The van der Waals surface area contributed by atoms with Crippen molar-refractivity contribution in [3.8, 4) is 0 Å². The molecule has 0 saturated heterocycles. The summed E-state index contributed by atoms with van der Waals surface area (Å²) in [4.78, 5) is 0. The number of benzene rings is 1. The third-order valence-corrected chi connectivity index (χ3v) is 3.67. The van der Waals surface area contributed by atoms with Gasteiger partial charge >= 0.3 is 0 Å². The van der Waals surface area contributed by atoms with Crippen LogP contribution in [-0.4, -0.2) is 11.1 Å². The summed E-state index contributed by atoms with van der Waals surface area (Å²) in [6.07, 6.45) is 4.40. The number of rotatable bonds is 3. The Morgan fingerprint density at radius 2 is 2.06 bits per heavy atom. The molecule has 0 amide bonds. The molecule has 3 heteroatoms. The molecule has 0 fully saturated rings. The van der Waals surface area contributed by atoms with E-state index in [1.165, 1.54) is 27.6 Å². The first-order valence-electron chi connectivity index (χ1n) is 6.30. The topological polar surface area (TPSA) is 43.0 Å². The number of aromatic nitrogens is 1. The van der Waals surface area contributed by atoms with Gasteiger partial charge in [0, 0.05) is 37.2 Å². The first-order chi connectivity index (χ1) is 8.29. The third kappa shape index (κ3) is 1.75. The van der Waals surface area contributed by atoms with Crippen molar-refractivity contribution in [3.63, 3.8) is 0 Å². The average Bonchev–Trinajstić information content (AvgIpc) is 2.90. The zero-order valence-electron chi connectivity index (χ0n) is 10.3. The summed E-state index contributed by atoms with van der Waals surface area (Å²) >= 11 is 0. The molecule has 0 radical (unpaired) electrons. The smallest absolute Gasteiger partial charge is 0.0484 e. The van der Waals surface area contributed by atoms with Crippen LogP contribution in [0.25, 0.3) is 10.9 Å². The number of hydrogen-bond donors (Lipinski definition) is 2. The van der Waals surface area contributed by atoms with Crippen LogP contribution < -0.4 is 11.1 Å². The van der Waals surface area contributed by atoms with E-state index in [0.717, 1.165) is 32.5 Å². The summed E-state index contributed by atoms with van der Waals surface area (Å²) in [5.74, 6) is 0. The van der Waals surface area contributed by atoms with E-state index >= 15 is 0 Å². The van der Waals surface area contributed by atoms with Crippen molar-refractivity contribution in [2.24, 2.45) is 12.8 Å². The SMILES string of the molecule is Cn1cc(CCCN)c2cc3c(cc21)CNC3. The average molecular weight is 229 g/mol. The Morgan fingerprint density at radius 1 is 1.29 bits per heavy atom. The van der Waals surface area contributed by atoms with Crippen LogP contribution in [0.5, 0.6) is 0 Å². The van der Waals surface area contributed by atoms with E-state index in [0.29, 0.717) is 0 Å². The minimum atomic E-state index is 0.767. The van der Waals surface area contributed by atoms with E-state index in [2.05, 4.69) is 35.3 Å². The van der Waals surface area contributed by atoms with Crippen LogP contribution in [-0.2, 0) is 26.6 Å². The van der Waals surface area contributed by atoms with E-state index < -0.39 is 0 Å². The van der Waals surface area contributed by atoms with E-state index in [-0.39, 0.29) is 0 Å². The van der Waals surface area contributed by atoms with Crippen LogP contribution in [0, 0.1) is 0 Å². The Balaban J connectivity index is 2.12. The van der Waals surface area contributed by atoms with Crippen molar-refractivity contribution >= 4 is 10.9 Å². The summed E-state index contributed by atoms with van der Waals surface area (Å²) in [7, 11) is 2.13. The first kappa shape index (κ1) is 10.8. The monoisotopic (exact) mass is 229 g/mol. The van der Waals surface area contributed by atoms with Crippen molar-refractivity contribution in [2.75, 3.05) is 6.54 Å². The maximum atomic E-state index is 5.60. The van der Waals surface area contributed by atoms with Gasteiger partial charge in [-0.1, -0.05) is 0 Å². The lowest BCUT2D eigenvalue weighted by atomic mass is 10.0. The Morgan fingerprint density at radius 3 is 2.82 bits per heavy atom. The van der Waals surface area contributed by atoms with Crippen LogP contribution in [0.2, 0.25) is 0 Å². The predicted molar refractivity (Wildman–Crippen MR) is 70.8 cm³/mol. The molecule has 0 unspecified atom stereocenters. The number of fused-ring (bicyclic) bond motifs is 2. The lowest BCUT2D eigenvalue weighted by Crippen LogP contribution is -2.00. The minimum Gasteiger partial charge on any atom is -0.350 e. The highest BCUT2D eigenvalue weighted by Gasteiger charge is 2.14. The molecule has 0 atom stereocenters. The third-order valence-electron chi connectivity index (χ3n) is 3.67. The second-order valence-electron chi connectivity index (χ2n) is 4.90. The highest BCUT2D eigenvalue weighted by molar-refractivity contribution is 5.85. The lowest BCUT2D eigenvalue weighted by Gasteiger charge is -2.02. The summed E-state index contributed by atoms with van der Waals surface area (Å²) in [5.41, 5.74) is 11.3. The molecule has 90 valence electrons. The zero-order valence-corrected chi connectivity index (χ0v) is 10.3. The zero-order chi connectivity index (χ0) is 11.8. The molecule has 3 nitrogen and oxygen atoms in total. The van der Waals surface area contributed by atoms with Gasteiger partial charge in [-0.2, -0.15) is 0 Å². The predicted octanol–water partition coefficient (Wildman–Crippen LogP) is 1.67. The van der Waals surface area contributed by atoms with Crippen molar-refractivity contribution < 1.29 is 0 Å². The highest BCUT2D eigenvalue weighted by Crippen LogP contribution is 2.27. The molecule has 17 heavy (non-hydrogen) atoms. The van der Waals surface area contributed by atoms with Gasteiger partial charge in [0.2, 0.25) is 0 Å². The van der Waals surface area contributed by atoms with E-state index in [4.69, 9.17) is 5.73 Å². The molecular formula is C14H19N3. The van der Waals surface area contributed by atoms with Gasteiger partial charge in [-0.05, 0) is 48.2 Å². The standard InChI is InChI=1S/C14H19N3/c1-17-9-10(3-2-4-15)13-5-11-7-16-8-12(11)6-14(13)17/h5-6,9,16H,2-4,7-8,15H2,1H3. The van der Waals surface area contributed by atoms with Gasteiger partial charge in [0.15, 0.2) is 0 Å².